The number of hydrogen-bond donors (Lipinski definition) is 0. The Morgan fingerprint density at radius 2 is 1.76 bits per heavy atom. The van der Waals surface area contributed by atoms with Gasteiger partial charge in [-0.1, -0.05) is 30.7 Å². The number of aryl methyl sites for hydroxylation is 2. The zero-order chi connectivity index (χ0) is 15.2. The number of ether oxygens (including phenoxy) is 2. The first-order valence-corrected chi connectivity index (χ1v) is 7.15. The summed E-state index contributed by atoms with van der Waals surface area (Å²) in [5, 5.41) is 0.668. The minimum absolute atomic E-state index is 0.142. The molecule has 0 bridgehead atoms. The number of halogens is 1. The molecule has 0 radical (unpaired) electrons. The average molecular weight is 305 g/mol. The van der Waals surface area contributed by atoms with Crippen molar-refractivity contribution in [1.82, 2.24) is 0 Å². The first kappa shape index (κ1) is 15.4. The SMILES string of the molecule is CCc1ccc(OC(=O)COc2ccc(Cl)c(C)c2)cc1. The summed E-state index contributed by atoms with van der Waals surface area (Å²) in [4.78, 5) is 11.7. The summed E-state index contributed by atoms with van der Waals surface area (Å²) in [5.41, 5.74) is 2.10. The van der Waals surface area contributed by atoms with Crippen LogP contribution in [0.4, 0.5) is 0 Å². The fraction of sp³-hybridized carbons (Fsp3) is 0.235. The molecule has 21 heavy (non-hydrogen) atoms. The van der Waals surface area contributed by atoms with Crippen LogP contribution >= 0.6 is 11.6 Å². The molecule has 0 saturated carbocycles. The zero-order valence-corrected chi connectivity index (χ0v) is 12.8. The maximum atomic E-state index is 11.7. The van der Waals surface area contributed by atoms with Crippen molar-refractivity contribution in [3.8, 4) is 11.5 Å². The van der Waals surface area contributed by atoms with Crippen molar-refractivity contribution in [2.24, 2.45) is 0 Å². The Morgan fingerprint density at radius 1 is 1.10 bits per heavy atom. The van der Waals surface area contributed by atoms with Crippen LogP contribution in [0.2, 0.25) is 5.02 Å². The second kappa shape index (κ2) is 7.14. The molecule has 0 atom stereocenters. The van der Waals surface area contributed by atoms with Gasteiger partial charge in [-0.3, -0.25) is 0 Å². The molecule has 0 spiro atoms. The van der Waals surface area contributed by atoms with E-state index in [-0.39, 0.29) is 6.61 Å². The van der Waals surface area contributed by atoms with Crippen LogP contribution in [0.5, 0.6) is 11.5 Å². The highest BCUT2D eigenvalue weighted by Crippen LogP contribution is 2.21. The number of benzene rings is 2. The molecule has 0 aromatic heterocycles. The Labute approximate surface area is 129 Å². The van der Waals surface area contributed by atoms with E-state index in [4.69, 9.17) is 21.1 Å². The van der Waals surface area contributed by atoms with Crippen LogP contribution in [0.15, 0.2) is 42.5 Å². The van der Waals surface area contributed by atoms with E-state index < -0.39 is 5.97 Å². The third-order valence-corrected chi connectivity index (χ3v) is 3.47. The van der Waals surface area contributed by atoms with Crippen LogP contribution in [-0.2, 0) is 11.2 Å². The molecule has 0 fully saturated rings. The largest absolute Gasteiger partial charge is 0.482 e. The lowest BCUT2D eigenvalue weighted by molar-refractivity contribution is -0.136. The fourth-order valence-electron chi connectivity index (χ4n) is 1.80. The van der Waals surface area contributed by atoms with Gasteiger partial charge in [-0.05, 0) is 54.8 Å². The van der Waals surface area contributed by atoms with Gasteiger partial charge in [-0.15, -0.1) is 0 Å². The first-order valence-electron chi connectivity index (χ1n) is 6.77. The van der Waals surface area contributed by atoms with Gasteiger partial charge in [0.25, 0.3) is 0 Å². The van der Waals surface area contributed by atoms with Crippen LogP contribution in [0.3, 0.4) is 0 Å². The highest BCUT2D eigenvalue weighted by Gasteiger charge is 2.07. The highest BCUT2D eigenvalue weighted by molar-refractivity contribution is 6.31. The summed E-state index contributed by atoms with van der Waals surface area (Å²) in [6, 6.07) is 12.7. The monoisotopic (exact) mass is 304 g/mol. The van der Waals surface area contributed by atoms with Gasteiger partial charge in [-0.2, -0.15) is 0 Å². The third-order valence-electron chi connectivity index (χ3n) is 3.05. The smallest absolute Gasteiger partial charge is 0.349 e. The number of carbonyl (C=O) groups excluding carboxylic acids is 1. The second-order valence-corrected chi connectivity index (χ2v) is 5.08. The highest BCUT2D eigenvalue weighted by atomic mass is 35.5. The summed E-state index contributed by atoms with van der Waals surface area (Å²) in [7, 11) is 0. The Morgan fingerprint density at radius 3 is 2.38 bits per heavy atom. The predicted molar refractivity (Wildman–Crippen MR) is 83.1 cm³/mol. The molecule has 2 aromatic carbocycles. The molecule has 2 aromatic rings. The Kier molecular flexibility index (Phi) is 5.23. The summed E-state index contributed by atoms with van der Waals surface area (Å²) in [6.07, 6.45) is 0.952. The van der Waals surface area contributed by atoms with E-state index in [1.165, 1.54) is 5.56 Å². The van der Waals surface area contributed by atoms with Crippen molar-refractivity contribution in [2.75, 3.05) is 6.61 Å². The topological polar surface area (TPSA) is 35.5 Å². The summed E-state index contributed by atoms with van der Waals surface area (Å²) < 4.78 is 10.6. The van der Waals surface area contributed by atoms with Crippen LogP contribution in [0.1, 0.15) is 18.1 Å². The molecular weight excluding hydrogens is 288 g/mol. The maximum absolute atomic E-state index is 11.7. The second-order valence-electron chi connectivity index (χ2n) is 4.67. The molecule has 0 aliphatic heterocycles. The molecule has 0 aliphatic carbocycles. The molecule has 0 aliphatic rings. The Hall–Kier alpha value is -2.00. The average Bonchev–Trinajstić information content (AvgIpc) is 2.49. The van der Waals surface area contributed by atoms with Crippen molar-refractivity contribution < 1.29 is 14.3 Å². The lowest BCUT2D eigenvalue weighted by Crippen LogP contribution is -2.17. The molecule has 4 heteroatoms. The van der Waals surface area contributed by atoms with Gasteiger partial charge < -0.3 is 9.47 Å². The van der Waals surface area contributed by atoms with Gasteiger partial charge >= 0.3 is 5.97 Å². The van der Waals surface area contributed by atoms with Gasteiger partial charge in [0.15, 0.2) is 6.61 Å². The van der Waals surface area contributed by atoms with E-state index in [9.17, 15) is 4.79 Å². The van der Waals surface area contributed by atoms with Crippen molar-refractivity contribution in [2.45, 2.75) is 20.3 Å². The van der Waals surface area contributed by atoms with Gasteiger partial charge in [0, 0.05) is 5.02 Å². The molecule has 110 valence electrons. The summed E-state index contributed by atoms with van der Waals surface area (Å²) in [6.45, 7) is 3.81. The molecule has 0 saturated heterocycles. The maximum Gasteiger partial charge on any atom is 0.349 e. The van der Waals surface area contributed by atoms with E-state index in [1.807, 2.05) is 19.1 Å². The van der Waals surface area contributed by atoms with Crippen molar-refractivity contribution in [3.05, 3.63) is 58.6 Å². The molecule has 0 N–H and O–H groups in total. The quantitative estimate of drug-likeness (QED) is 0.613. The molecule has 2 rings (SSSR count). The molecular formula is C17H17ClO3. The fourth-order valence-corrected chi connectivity index (χ4v) is 1.92. The molecule has 3 nitrogen and oxygen atoms in total. The predicted octanol–water partition coefficient (Wildman–Crippen LogP) is 4.20. The van der Waals surface area contributed by atoms with Crippen LogP contribution in [0, 0.1) is 6.92 Å². The Balaban J connectivity index is 1.87. The van der Waals surface area contributed by atoms with Gasteiger partial charge in [0.2, 0.25) is 0 Å². The number of carbonyl (C=O) groups is 1. The summed E-state index contributed by atoms with van der Waals surface area (Å²) in [5.74, 6) is 0.676. The first-order chi connectivity index (χ1) is 10.1. The third kappa shape index (κ3) is 4.50. The minimum atomic E-state index is -0.438. The zero-order valence-electron chi connectivity index (χ0n) is 12.1. The summed E-state index contributed by atoms with van der Waals surface area (Å²) >= 11 is 5.93. The Bertz CT molecular complexity index is 620. The molecule has 0 heterocycles. The van der Waals surface area contributed by atoms with E-state index in [2.05, 4.69) is 6.92 Å². The van der Waals surface area contributed by atoms with E-state index in [0.717, 1.165) is 12.0 Å². The van der Waals surface area contributed by atoms with Crippen LogP contribution < -0.4 is 9.47 Å². The lowest BCUT2D eigenvalue weighted by Gasteiger charge is -2.08. The standard InChI is InChI=1S/C17H17ClO3/c1-3-13-4-6-14(7-5-13)21-17(19)11-20-15-8-9-16(18)12(2)10-15/h4-10H,3,11H2,1-2H3. The number of rotatable bonds is 5. The molecule has 0 amide bonds. The van der Waals surface area contributed by atoms with Crippen molar-refractivity contribution >= 4 is 17.6 Å². The normalized spacial score (nSPS) is 10.2. The van der Waals surface area contributed by atoms with Crippen LogP contribution in [0.25, 0.3) is 0 Å². The minimum Gasteiger partial charge on any atom is -0.482 e. The van der Waals surface area contributed by atoms with E-state index in [1.54, 1.807) is 30.3 Å². The lowest BCUT2D eigenvalue weighted by atomic mass is 10.2. The number of esters is 1. The van der Waals surface area contributed by atoms with Gasteiger partial charge in [0.1, 0.15) is 11.5 Å². The molecule has 0 unspecified atom stereocenters. The van der Waals surface area contributed by atoms with Gasteiger partial charge in [-0.25, -0.2) is 4.79 Å². The van der Waals surface area contributed by atoms with Gasteiger partial charge in [0.05, 0.1) is 0 Å². The van der Waals surface area contributed by atoms with E-state index in [0.29, 0.717) is 16.5 Å². The van der Waals surface area contributed by atoms with Crippen LogP contribution in [-0.4, -0.2) is 12.6 Å². The van der Waals surface area contributed by atoms with Crippen molar-refractivity contribution in [1.29, 1.82) is 0 Å². The van der Waals surface area contributed by atoms with Crippen molar-refractivity contribution in [3.63, 3.8) is 0 Å². The van der Waals surface area contributed by atoms with E-state index >= 15 is 0 Å². The number of hydrogen-bond acceptors (Lipinski definition) is 3.